The Morgan fingerprint density at radius 2 is 2.10 bits per heavy atom. The molecule has 0 radical (unpaired) electrons. The van der Waals surface area contributed by atoms with Gasteiger partial charge in [0.15, 0.2) is 0 Å². The van der Waals surface area contributed by atoms with Gasteiger partial charge in [0.2, 0.25) is 5.91 Å². The number of ether oxygens (including phenoxy) is 1. The van der Waals surface area contributed by atoms with Gasteiger partial charge in [-0.05, 0) is 36.1 Å². The maximum absolute atomic E-state index is 12.3. The van der Waals surface area contributed by atoms with E-state index < -0.39 is 0 Å². The van der Waals surface area contributed by atoms with Gasteiger partial charge in [0.05, 0.1) is 12.9 Å². The van der Waals surface area contributed by atoms with E-state index in [1.807, 2.05) is 29.2 Å². The zero-order chi connectivity index (χ0) is 15.5. The van der Waals surface area contributed by atoms with Crippen molar-refractivity contribution in [3.63, 3.8) is 0 Å². The van der Waals surface area contributed by atoms with E-state index in [0.717, 1.165) is 30.2 Å². The van der Waals surface area contributed by atoms with Gasteiger partial charge in [-0.25, -0.2) is 0 Å². The van der Waals surface area contributed by atoms with Crippen LogP contribution in [0.5, 0.6) is 5.75 Å². The first-order valence-electron chi connectivity index (χ1n) is 7.22. The highest BCUT2D eigenvalue weighted by Gasteiger charge is 2.35. The zero-order valence-electron chi connectivity index (χ0n) is 13.0. The number of amides is 1. The van der Waals surface area contributed by atoms with Crippen LogP contribution in [0, 0.1) is 5.41 Å². The lowest BCUT2D eigenvalue weighted by Crippen LogP contribution is -2.54. The van der Waals surface area contributed by atoms with Crippen molar-refractivity contribution in [2.75, 3.05) is 26.0 Å². The van der Waals surface area contributed by atoms with E-state index in [4.69, 9.17) is 10.5 Å². The number of carbonyl (C=O) groups excluding carboxylic acids is 1. The number of hydrogen-bond donors (Lipinski definition) is 1. The fourth-order valence-electron chi connectivity index (χ4n) is 2.50. The molecule has 1 fully saturated rings. The summed E-state index contributed by atoms with van der Waals surface area (Å²) in [5, 5.41) is 0. The molecular formula is C16H24N2O2S. The van der Waals surface area contributed by atoms with E-state index >= 15 is 0 Å². The second-order valence-corrected chi connectivity index (χ2v) is 7.21. The highest BCUT2D eigenvalue weighted by molar-refractivity contribution is 8.00. The first-order valence-corrected chi connectivity index (χ1v) is 8.21. The summed E-state index contributed by atoms with van der Waals surface area (Å²) in [5.41, 5.74) is 6.11. The van der Waals surface area contributed by atoms with Gasteiger partial charge in [-0.1, -0.05) is 13.8 Å². The topological polar surface area (TPSA) is 55.6 Å². The Labute approximate surface area is 131 Å². The normalized spacial score (nSPS) is 21.1. The molecular weight excluding hydrogens is 284 g/mol. The van der Waals surface area contributed by atoms with Crippen molar-refractivity contribution >= 4 is 17.7 Å². The summed E-state index contributed by atoms with van der Waals surface area (Å²) in [6.45, 7) is 5.78. The van der Waals surface area contributed by atoms with Gasteiger partial charge in [0.1, 0.15) is 5.75 Å². The molecule has 0 aliphatic carbocycles. The van der Waals surface area contributed by atoms with Crippen LogP contribution in [0.25, 0.3) is 0 Å². The number of nitrogens with zero attached hydrogens (tertiary/aromatic N) is 1. The minimum atomic E-state index is -0.00130. The van der Waals surface area contributed by atoms with Crippen LogP contribution in [0.3, 0.4) is 0 Å². The van der Waals surface area contributed by atoms with Crippen molar-refractivity contribution in [3.8, 4) is 5.75 Å². The van der Waals surface area contributed by atoms with Crippen LogP contribution in [0.1, 0.15) is 20.3 Å². The molecule has 21 heavy (non-hydrogen) atoms. The summed E-state index contributed by atoms with van der Waals surface area (Å²) in [7, 11) is 1.65. The number of methoxy groups -OCH3 is 1. The van der Waals surface area contributed by atoms with Gasteiger partial charge in [0.25, 0.3) is 0 Å². The van der Waals surface area contributed by atoms with Gasteiger partial charge in [-0.3, -0.25) is 4.79 Å². The van der Waals surface area contributed by atoms with Crippen molar-refractivity contribution in [2.45, 2.75) is 31.2 Å². The van der Waals surface area contributed by atoms with Gasteiger partial charge in [-0.2, -0.15) is 0 Å². The number of benzene rings is 1. The SMILES string of the molecule is COc1ccc(SCC(=O)N2CCC(N)C(C)(C)C2)cc1. The van der Waals surface area contributed by atoms with Crippen LogP contribution in [0.2, 0.25) is 0 Å². The number of piperidine rings is 1. The molecule has 1 aliphatic rings. The molecule has 1 unspecified atom stereocenters. The van der Waals surface area contributed by atoms with Crippen molar-refractivity contribution < 1.29 is 9.53 Å². The van der Waals surface area contributed by atoms with Gasteiger partial charge in [-0.15, -0.1) is 11.8 Å². The van der Waals surface area contributed by atoms with Crippen LogP contribution < -0.4 is 10.5 Å². The lowest BCUT2D eigenvalue weighted by atomic mass is 9.80. The molecule has 5 heteroatoms. The summed E-state index contributed by atoms with van der Waals surface area (Å²) in [5.74, 6) is 1.49. The summed E-state index contributed by atoms with van der Waals surface area (Å²) in [6, 6.07) is 7.96. The molecule has 1 aliphatic heterocycles. The molecule has 2 rings (SSSR count). The van der Waals surface area contributed by atoms with Gasteiger partial charge in [0, 0.05) is 24.0 Å². The highest BCUT2D eigenvalue weighted by Crippen LogP contribution is 2.29. The Kier molecular flexibility index (Phi) is 5.17. The molecule has 0 spiro atoms. The van der Waals surface area contributed by atoms with E-state index in [-0.39, 0.29) is 17.4 Å². The predicted octanol–water partition coefficient (Wildman–Crippen LogP) is 2.37. The maximum atomic E-state index is 12.3. The van der Waals surface area contributed by atoms with Crippen molar-refractivity contribution in [1.29, 1.82) is 0 Å². The Morgan fingerprint density at radius 1 is 1.43 bits per heavy atom. The van der Waals surface area contributed by atoms with Crippen LogP contribution in [0.15, 0.2) is 29.2 Å². The molecule has 1 aromatic carbocycles. The van der Waals surface area contributed by atoms with Crippen LogP contribution in [-0.4, -0.2) is 42.8 Å². The van der Waals surface area contributed by atoms with Crippen molar-refractivity contribution in [1.82, 2.24) is 4.90 Å². The summed E-state index contributed by atoms with van der Waals surface area (Å²) in [6.07, 6.45) is 0.881. The fourth-order valence-corrected chi connectivity index (χ4v) is 3.30. The molecule has 4 nitrogen and oxygen atoms in total. The third-order valence-electron chi connectivity index (χ3n) is 4.09. The maximum Gasteiger partial charge on any atom is 0.232 e. The number of likely N-dealkylation sites (tertiary alicyclic amines) is 1. The molecule has 1 atom stereocenters. The van der Waals surface area contributed by atoms with Crippen LogP contribution >= 0.6 is 11.8 Å². The lowest BCUT2D eigenvalue weighted by Gasteiger charge is -2.42. The lowest BCUT2D eigenvalue weighted by molar-refractivity contribution is -0.131. The Balaban J connectivity index is 1.86. The summed E-state index contributed by atoms with van der Waals surface area (Å²) >= 11 is 1.56. The predicted molar refractivity (Wildman–Crippen MR) is 86.7 cm³/mol. The number of carbonyl (C=O) groups is 1. The van der Waals surface area contributed by atoms with E-state index in [1.54, 1.807) is 18.9 Å². The Bertz CT molecular complexity index is 488. The Morgan fingerprint density at radius 3 is 2.67 bits per heavy atom. The first kappa shape index (κ1) is 16.2. The number of rotatable bonds is 4. The molecule has 1 amide bonds. The number of thioether (sulfide) groups is 1. The standard InChI is InChI=1S/C16H24N2O2S/c1-16(2)11-18(9-8-14(16)17)15(19)10-21-13-6-4-12(20-3)5-7-13/h4-7,14H,8-11,17H2,1-3H3. The minimum Gasteiger partial charge on any atom is -0.497 e. The smallest absolute Gasteiger partial charge is 0.232 e. The summed E-state index contributed by atoms with van der Waals surface area (Å²) < 4.78 is 5.13. The number of nitrogens with two attached hydrogens (primary N) is 1. The average molecular weight is 308 g/mol. The zero-order valence-corrected chi connectivity index (χ0v) is 13.8. The Hall–Kier alpha value is -1.20. The molecule has 116 valence electrons. The van der Waals surface area contributed by atoms with E-state index in [0.29, 0.717) is 5.75 Å². The van der Waals surface area contributed by atoms with Crippen molar-refractivity contribution in [3.05, 3.63) is 24.3 Å². The fraction of sp³-hybridized carbons (Fsp3) is 0.562. The summed E-state index contributed by atoms with van der Waals surface area (Å²) in [4.78, 5) is 15.4. The second-order valence-electron chi connectivity index (χ2n) is 6.16. The third-order valence-corrected chi connectivity index (χ3v) is 5.08. The molecule has 2 N–H and O–H groups in total. The monoisotopic (exact) mass is 308 g/mol. The van der Waals surface area contributed by atoms with E-state index in [1.165, 1.54) is 0 Å². The van der Waals surface area contributed by atoms with Gasteiger partial charge >= 0.3 is 0 Å². The molecule has 0 saturated carbocycles. The third kappa shape index (κ3) is 4.14. The average Bonchev–Trinajstić information content (AvgIpc) is 2.48. The minimum absolute atomic E-state index is 0.00130. The van der Waals surface area contributed by atoms with Crippen LogP contribution in [0.4, 0.5) is 0 Å². The van der Waals surface area contributed by atoms with Crippen molar-refractivity contribution in [2.24, 2.45) is 11.1 Å². The molecule has 1 aromatic rings. The van der Waals surface area contributed by atoms with E-state index in [2.05, 4.69) is 13.8 Å². The largest absolute Gasteiger partial charge is 0.497 e. The number of hydrogen-bond acceptors (Lipinski definition) is 4. The first-order chi connectivity index (χ1) is 9.92. The van der Waals surface area contributed by atoms with Crippen LogP contribution in [-0.2, 0) is 4.79 Å². The quantitative estimate of drug-likeness (QED) is 0.868. The molecule has 0 bridgehead atoms. The second kappa shape index (κ2) is 6.71. The molecule has 0 aromatic heterocycles. The molecule has 1 heterocycles. The molecule has 1 saturated heterocycles. The van der Waals surface area contributed by atoms with Gasteiger partial charge < -0.3 is 15.4 Å². The highest BCUT2D eigenvalue weighted by atomic mass is 32.2. The van der Waals surface area contributed by atoms with E-state index in [9.17, 15) is 4.79 Å².